The van der Waals surface area contributed by atoms with Crippen LogP contribution in [-0.2, 0) is 11.2 Å². The van der Waals surface area contributed by atoms with Crippen LogP contribution in [0.25, 0.3) is 17.3 Å². The van der Waals surface area contributed by atoms with Gasteiger partial charge in [-0.15, -0.1) is 0 Å². The molecule has 0 saturated carbocycles. The zero-order valence-corrected chi connectivity index (χ0v) is 18.2. The molecule has 0 radical (unpaired) electrons. The molecule has 0 saturated heterocycles. The second-order valence-electron chi connectivity index (χ2n) is 6.97. The number of aryl methyl sites for hydroxylation is 1. The molecule has 5 nitrogen and oxygen atoms in total. The molecule has 3 rings (SSSR count). The molecule has 0 unspecified atom stereocenters. The molecule has 0 fully saturated rings. The van der Waals surface area contributed by atoms with E-state index in [2.05, 4.69) is 15.3 Å². The molecule has 2 aromatic carbocycles. The molecule has 156 valence electrons. The third-order valence-electron chi connectivity index (χ3n) is 4.13. The van der Waals surface area contributed by atoms with Crippen LogP contribution in [0.15, 0.2) is 60.3 Å². The van der Waals surface area contributed by atoms with Crippen molar-refractivity contribution < 1.29 is 9.90 Å². The normalized spacial score (nSPS) is 9.90. The van der Waals surface area contributed by atoms with E-state index in [-0.39, 0.29) is 18.1 Å². The lowest BCUT2D eigenvalue weighted by molar-refractivity contribution is -0.115. The molecule has 2 N–H and O–H groups in total. The first kappa shape index (κ1) is 22.8. The van der Waals surface area contributed by atoms with Gasteiger partial charge in [0.05, 0.1) is 18.3 Å². The highest BCUT2D eigenvalue weighted by Crippen LogP contribution is 2.23. The number of rotatable bonds is 5. The predicted molar refractivity (Wildman–Crippen MR) is 123 cm³/mol. The fourth-order valence-corrected chi connectivity index (χ4v) is 2.71. The highest BCUT2D eigenvalue weighted by Gasteiger charge is 2.11. The van der Waals surface area contributed by atoms with Gasteiger partial charge in [0.15, 0.2) is 5.82 Å². The van der Waals surface area contributed by atoms with Gasteiger partial charge in [-0.2, -0.15) is 0 Å². The molecule has 0 aliphatic carbocycles. The van der Waals surface area contributed by atoms with Crippen LogP contribution in [0, 0.1) is 6.92 Å². The highest BCUT2D eigenvalue weighted by atomic mass is 16.3. The SMILES string of the molecule is CC.CC(C)=Cc1nc(-c2ccc(O)cc2)cnc1NC(=O)Cc1ccc(C)cc1. The van der Waals surface area contributed by atoms with Gasteiger partial charge in [-0.3, -0.25) is 4.79 Å². The summed E-state index contributed by atoms with van der Waals surface area (Å²) in [6, 6.07) is 14.6. The maximum atomic E-state index is 12.5. The smallest absolute Gasteiger partial charge is 0.230 e. The van der Waals surface area contributed by atoms with Crippen molar-refractivity contribution in [3.63, 3.8) is 0 Å². The Kier molecular flexibility index (Phi) is 8.29. The number of hydrogen-bond donors (Lipinski definition) is 2. The summed E-state index contributed by atoms with van der Waals surface area (Å²) in [5.41, 5.74) is 5.26. The van der Waals surface area contributed by atoms with Crippen LogP contribution in [0.2, 0.25) is 0 Å². The van der Waals surface area contributed by atoms with E-state index in [1.54, 1.807) is 30.5 Å². The molecule has 5 heteroatoms. The summed E-state index contributed by atoms with van der Waals surface area (Å²) in [4.78, 5) is 21.5. The molecular weight excluding hydrogens is 374 g/mol. The minimum Gasteiger partial charge on any atom is -0.508 e. The summed E-state index contributed by atoms with van der Waals surface area (Å²) in [5.74, 6) is 0.487. The average molecular weight is 404 g/mol. The molecular formula is C25H29N3O2. The van der Waals surface area contributed by atoms with Crippen molar-refractivity contribution >= 4 is 17.8 Å². The van der Waals surface area contributed by atoms with E-state index >= 15 is 0 Å². The lowest BCUT2D eigenvalue weighted by Gasteiger charge is -2.10. The second-order valence-corrected chi connectivity index (χ2v) is 6.97. The van der Waals surface area contributed by atoms with Crippen molar-refractivity contribution in [3.8, 4) is 17.0 Å². The van der Waals surface area contributed by atoms with Gasteiger partial charge in [0.25, 0.3) is 0 Å². The summed E-state index contributed by atoms with van der Waals surface area (Å²) in [6.45, 7) is 9.94. The fraction of sp³-hybridized carbons (Fsp3) is 0.240. The van der Waals surface area contributed by atoms with E-state index in [4.69, 9.17) is 0 Å². The van der Waals surface area contributed by atoms with Gasteiger partial charge in [0, 0.05) is 5.56 Å². The third kappa shape index (κ3) is 6.55. The van der Waals surface area contributed by atoms with Gasteiger partial charge in [-0.05, 0) is 56.7 Å². The van der Waals surface area contributed by atoms with E-state index in [1.165, 1.54) is 0 Å². The number of amides is 1. The van der Waals surface area contributed by atoms with Crippen LogP contribution < -0.4 is 5.32 Å². The Bertz CT molecular complexity index is 1000. The van der Waals surface area contributed by atoms with Crippen LogP contribution in [0.4, 0.5) is 5.82 Å². The minimum atomic E-state index is -0.140. The molecule has 1 heterocycles. The van der Waals surface area contributed by atoms with Crippen molar-refractivity contribution in [2.24, 2.45) is 0 Å². The topological polar surface area (TPSA) is 75.1 Å². The maximum absolute atomic E-state index is 12.5. The molecule has 0 aliphatic rings. The Morgan fingerprint density at radius 1 is 1.03 bits per heavy atom. The van der Waals surface area contributed by atoms with Crippen LogP contribution in [0.5, 0.6) is 5.75 Å². The number of allylic oxidation sites excluding steroid dienone is 1. The maximum Gasteiger partial charge on any atom is 0.230 e. The Hall–Kier alpha value is -3.47. The predicted octanol–water partition coefficient (Wildman–Crippen LogP) is 5.79. The van der Waals surface area contributed by atoms with Crippen molar-refractivity contribution in [1.82, 2.24) is 9.97 Å². The van der Waals surface area contributed by atoms with Crippen LogP contribution in [-0.4, -0.2) is 21.0 Å². The average Bonchev–Trinajstić information content (AvgIpc) is 2.73. The first-order valence-corrected chi connectivity index (χ1v) is 10.1. The first-order valence-electron chi connectivity index (χ1n) is 10.1. The number of nitrogens with zero attached hydrogens (tertiary/aromatic N) is 2. The number of benzene rings is 2. The van der Waals surface area contributed by atoms with E-state index in [1.807, 2.05) is 65.0 Å². The summed E-state index contributed by atoms with van der Waals surface area (Å²) in [7, 11) is 0. The zero-order valence-electron chi connectivity index (χ0n) is 18.2. The van der Waals surface area contributed by atoms with Crippen LogP contribution in [0.1, 0.15) is 44.5 Å². The molecule has 0 bridgehead atoms. The lowest BCUT2D eigenvalue weighted by Crippen LogP contribution is -2.16. The molecule has 0 aliphatic heterocycles. The Morgan fingerprint density at radius 2 is 1.67 bits per heavy atom. The number of anilines is 1. The number of nitrogens with one attached hydrogen (secondary N) is 1. The molecule has 3 aromatic rings. The van der Waals surface area contributed by atoms with E-state index in [9.17, 15) is 9.90 Å². The van der Waals surface area contributed by atoms with Crippen molar-refractivity contribution in [3.05, 3.63) is 77.1 Å². The van der Waals surface area contributed by atoms with E-state index < -0.39 is 0 Å². The van der Waals surface area contributed by atoms with Crippen LogP contribution >= 0.6 is 0 Å². The number of hydrogen-bond acceptors (Lipinski definition) is 4. The number of carbonyl (C=O) groups excluding carboxylic acids is 1. The number of aromatic hydroxyl groups is 1. The zero-order chi connectivity index (χ0) is 22.1. The summed E-state index contributed by atoms with van der Waals surface area (Å²) in [5, 5.41) is 12.3. The number of aromatic nitrogens is 2. The van der Waals surface area contributed by atoms with Gasteiger partial charge in [0.2, 0.25) is 5.91 Å². The van der Waals surface area contributed by atoms with Crippen LogP contribution in [0.3, 0.4) is 0 Å². The number of phenolic OH excluding ortho intramolecular Hbond substituents is 1. The van der Waals surface area contributed by atoms with Gasteiger partial charge in [-0.25, -0.2) is 9.97 Å². The number of phenols is 1. The van der Waals surface area contributed by atoms with Crippen molar-refractivity contribution in [1.29, 1.82) is 0 Å². The summed E-state index contributed by atoms with van der Waals surface area (Å²) >= 11 is 0. The monoisotopic (exact) mass is 403 g/mol. The highest BCUT2D eigenvalue weighted by molar-refractivity contribution is 5.93. The molecule has 0 atom stereocenters. The molecule has 30 heavy (non-hydrogen) atoms. The van der Waals surface area contributed by atoms with Gasteiger partial charge >= 0.3 is 0 Å². The fourth-order valence-electron chi connectivity index (χ4n) is 2.71. The van der Waals surface area contributed by atoms with Crippen molar-refractivity contribution in [2.75, 3.05) is 5.32 Å². The quantitative estimate of drug-likeness (QED) is 0.565. The van der Waals surface area contributed by atoms with Gasteiger partial charge < -0.3 is 10.4 Å². The second kappa shape index (κ2) is 10.9. The largest absolute Gasteiger partial charge is 0.508 e. The summed E-state index contributed by atoms with van der Waals surface area (Å²) < 4.78 is 0. The molecule has 0 spiro atoms. The first-order chi connectivity index (χ1) is 14.4. The Balaban J connectivity index is 0.00000155. The van der Waals surface area contributed by atoms with Gasteiger partial charge in [0.1, 0.15) is 11.4 Å². The van der Waals surface area contributed by atoms with Gasteiger partial charge in [-0.1, -0.05) is 49.2 Å². The summed E-state index contributed by atoms with van der Waals surface area (Å²) in [6.07, 6.45) is 3.78. The van der Waals surface area contributed by atoms with Crippen molar-refractivity contribution in [2.45, 2.75) is 41.0 Å². The number of carbonyl (C=O) groups is 1. The molecule has 1 amide bonds. The lowest BCUT2D eigenvalue weighted by atomic mass is 10.1. The standard InChI is InChI=1S/C23H23N3O2.C2H6/c1-15(2)12-20-23(26-22(28)13-17-6-4-16(3)5-7-17)24-14-21(25-20)18-8-10-19(27)11-9-18;1-2/h4-12,14,27H,13H2,1-3H3,(H,24,26,28);1-2H3. The Morgan fingerprint density at radius 3 is 2.27 bits per heavy atom. The minimum absolute atomic E-state index is 0.140. The molecule has 1 aromatic heterocycles. The van der Waals surface area contributed by atoms with E-state index in [0.29, 0.717) is 17.2 Å². The Labute approximate surface area is 178 Å². The van der Waals surface area contributed by atoms with E-state index in [0.717, 1.165) is 22.3 Å². The third-order valence-corrected chi connectivity index (χ3v) is 4.13.